The molecule has 0 atom stereocenters. The minimum Gasteiger partial charge on any atom is -0.487 e. The number of ether oxygens (including phenoxy) is 1. The lowest BCUT2D eigenvalue weighted by Crippen LogP contribution is -2.01. The summed E-state index contributed by atoms with van der Waals surface area (Å²) in [5.74, 6) is 0.263. The normalized spacial score (nSPS) is 9.95. The Balaban J connectivity index is 2.29. The molecule has 0 aromatic heterocycles. The fourth-order valence-electron chi connectivity index (χ4n) is 1.74. The zero-order valence-electron chi connectivity index (χ0n) is 10.5. The quantitative estimate of drug-likeness (QED) is 0.619. The number of benzene rings is 2. The standard InChI is InChI=1S/C14H8Cl2N2O3/c15-10-4-5-13(18(19)20)9(6-10)8-21-14-3-1-2-12(16)11(14)7-17/h1-6H,8H2. The second kappa shape index (κ2) is 6.44. The Hall–Kier alpha value is -2.29. The van der Waals surface area contributed by atoms with E-state index < -0.39 is 4.92 Å². The van der Waals surface area contributed by atoms with E-state index in [9.17, 15) is 10.1 Å². The summed E-state index contributed by atoms with van der Waals surface area (Å²) in [5, 5.41) is 20.6. The maximum Gasteiger partial charge on any atom is 0.276 e. The zero-order chi connectivity index (χ0) is 15.4. The van der Waals surface area contributed by atoms with E-state index in [1.165, 1.54) is 18.2 Å². The highest BCUT2D eigenvalue weighted by Crippen LogP contribution is 2.28. The average Bonchev–Trinajstić information content (AvgIpc) is 2.44. The van der Waals surface area contributed by atoms with Gasteiger partial charge in [-0.05, 0) is 24.3 Å². The maximum atomic E-state index is 11.0. The second-order valence-corrected chi connectivity index (χ2v) is 4.89. The van der Waals surface area contributed by atoms with E-state index in [2.05, 4.69) is 0 Å². The van der Waals surface area contributed by atoms with Gasteiger partial charge in [0, 0.05) is 11.1 Å². The first-order valence-electron chi connectivity index (χ1n) is 5.77. The van der Waals surface area contributed by atoms with E-state index in [4.69, 9.17) is 33.2 Å². The lowest BCUT2D eigenvalue weighted by Gasteiger charge is -2.09. The van der Waals surface area contributed by atoms with Crippen LogP contribution < -0.4 is 4.74 Å². The molecule has 0 aliphatic heterocycles. The van der Waals surface area contributed by atoms with Gasteiger partial charge in [0.1, 0.15) is 24.0 Å². The van der Waals surface area contributed by atoms with E-state index in [1.807, 2.05) is 6.07 Å². The Morgan fingerprint density at radius 2 is 2.05 bits per heavy atom. The van der Waals surface area contributed by atoms with Gasteiger partial charge in [-0.25, -0.2) is 0 Å². The first kappa shape index (κ1) is 15.1. The summed E-state index contributed by atoms with van der Waals surface area (Å²) < 4.78 is 5.47. The summed E-state index contributed by atoms with van der Waals surface area (Å²) in [6, 6.07) is 10.9. The smallest absolute Gasteiger partial charge is 0.276 e. The predicted molar refractivity (Wildman–Crippen MR) is 78.6 cm³/mol. The number of rotatable bonds is 4. The van der Waals surface area contributed by atoms with Crippen LogP contribution in [0.3, 0.4) is 0 Å². The Kier molecular flexibility index (Phi) is 4.63. The molecule has 0 saturated carbocycles. The molecule has 0 N–H and O–H groups in total. The van der Waals surface area contributed by atoms with E-state index >= 15 is 0 Å². The van der Waals surface area contributed by atoms with E-state index in [0.29, 0.717) is 10.6 Å². The van der Waals surface area contributed by atoms with Crippen LogP contribution in [0, 0.1) is 21.4 Å². The molecule has 7 heteroatoms. The summed E-state index contributed by atoms with van der Waals surface area (Å²) in [6.07, 6.45) is 0. The summed E-state index contributed by atoms with van der Waals surface area (Å²) >= 11 is 11.7. The number of hydrogen-bond donors (Lipinski definition) is 0. The number of halogens is 2. The van der Waals surface area contributed by atoms with Crippen molar-refractivity contribution in [1.29, 1.82) is 5.26 Å². The highest BCUT2D eigenvalue weighted by atomic mass is 35.5. The third-order valence-electron chi connectivity index (χ3n) is 2.71. The van der Waals surface area contributed by atoms with Crippen molar-refractivity contribution in [2.45, 2.75) is 6.61 Å². The number of nitro benzene ring substituents is 1. The molecule has 0 aliphatic carbocycles. The fraction of sp³-hybridized carbons (Fsp3) is 0.0714. The molecule has 106 valence electrons. The molecule has 2 aromatic carbocycles. The van der Waals surface area contributed by atoms with Gasteiger partial charge in [-0.2, -0.15) is 5.26 Å². The molecule has 0 spiro atoms. The van der Waals surface area contributed by atoms with Gasteiger partial charge in [0.25, 0.3) is 5.69 Å². The van der Waals surface area contributed by atoms with E-state index in [-0.39, 0.29) is 28.6 Å². The summed E-state index contributed by atoms with van der Waals surface area (Å²) in [7, 11) is 0. The van der Waals surface area contributed by atoms with Crippen molar-refractivity contribution in [3.63, 3.8) is 0 Å². The van der Waals surface area contributed by atoms with Crippen molar-refractivity contribution in [2.75, 3.05) is 0 Å². The topological polar surface area (TPSA) is 76.2 Å². The van der Waals surface area contributed by atoms with Crippen LogP contribution in [0.5, 0.6) is 5.75 Å². The molecule has 21 heavy (non-hydrogen) atoms. The Morgan fingerprint density at radius 3 is 2.71 bits per heavy atom. The van der Waals surface area contributed by atoms with Crippen molar-refractivity contribution in [3.8, 4) is 11.8 Å². The number of hydrogen-bond acceptors (Lipinski definition) is 4. The predicted octanol–water partition coefficient (Wildman–Crippen LogP) is 4.35. The largest absolute Gasteiger partial charge is 0.487 e. The SMILES string of the molecule is N#Cc1c(Cl)cccc1OCc1cc(Cl)ccc1[N+](=O)[O-]. The minimum atomic E-state index is -0.516. The van der Waals surface area contributed by atoms with Gasteiger partial charge in [-0.3, -0.25) is 10.1 Å². The summed E-state index contributed by atoms with van der Waals surface area (Å²) in [5.41, 5.74) is 0.403. The summed E-state index contributed by atoms with van der Waals surface area (Å²) in [6.45, 7) is -0.0914. The van der Waals surface area contributed by atoms with Crippen LogP contribution in [0.2, 0.25) is 10.0 Å². The van der Waals surface area contributed by atoms with Crippen LogP contribution in [-0.4, -0.2) is 4.92 Å². The molecular formula is C14H8Cl2N2O3. The number of nitro groups is 1. The van der Waals surface area contributed by atoms with Gasteiger partial charge in [0.2, 0.25) is 0 Å². The van der Waals surface area contributed by atoms with E-state index in [0.717, 1.165) is 0 Å². The molecule has 0 bridgehead atoms. The fourth-order valence-corrected chi connectivity index (χ4v) is 2.14. The second-order valence-electron chi connectivity index (χ2n) is 4.04. The lowest BCUT2D eigenvalue weighted by molar-refractivity contribution is -0.385. The lowest BCUT2D eigenvalue weighted by atomic mass is 10.2. The average molecular weight is 323 g/mol. The van der Waals surface area contributed by atoms with Crippen molar-refractivity contribution in [1.82, 2.24) is 0 Å². The molecule has 0 amide bonds. The van der Waals surface area contributed by atoms with Crippen molar-refractivity contribution in [3.05, 3.63) is 67.7 Å². The Bertz CT molecular complexity index is 741. The zero-order valence-corrected chi connectivity index (χ0v) is 12.1. The first-order valence-corrected chi connectivity index (χ1v) is 6.52. The van der Waals surface area contributed by atoms with Crippen LogP contribution in [0.25, 0.3) is 0 Å². The highest BCUT2D eigenvalue weighted by molar-refractivity contribution is 6.32. The molecule has 0 aliphatic rings. The van der Waals surface area contributed by atoms with Crippen LogP contribution in [0.1, 0.15) is 11.1 Å². The highest BCUT2D eigenvalue weighted by Gasteiger charge is 2.15. The third-order valence-corrected chi connectivity index (χ3v) is 3.26. The molecular weight excluding hydrogens is 315 g/mol. The third kappa shape index (κ3) is 3.43. The molecule has 0 unspecified atom stereocenters. The van der Waals surface area contributed by atoms with Gasteiger partial charge < -0.3 is 4.74 Å². The van der Waals surface area contributed by atoms with Crippen LogP contribution in [0.4, 0.5) is 5.69 Å². The monoisotopic (exact) mass is 322 g/mol. The van der Waals surface area contributed by atoms with Gasteiger partial charge in [-0.1, -0.05) is 29.3 Å². The van der Waals surface area contributed by atoms with Crippen molar-refractivity contribution in [2.24, 2.45) is 0 Å². The Labute approximate surface area is 130 Å². The molecule has 0 fully saturated rings. The maximum absolute atomic E-state index is 11.0. The van der Waals surface area contributed by atoms with Crippen LogP contribution >= 0.6 is 23.2 Å². The number of nitriles is 1. The van der Waals surface area contributed by atoms with Gasteiger partial charge in [0.05, 0.1) is 15.5 Å². The van der Waals surface area contributed by atoms with Crippen LogP contribution in [-0.2, 0) is 6.61 Å². The first-order chi connectivity index (χ1) is 10.0. The molecule has 0 heterocycles. The minimum absolute atomic E-state index is 0.0914. The molecule has 0 saturated heterocycles. The Morgan fingerprint density at radius 1 is 1.29 bits per heavy atom. The van der Waals surface area contributed by atoms with Crippen molar-refractivity contribution < 1.29 is 9.66 Å². The molecule has 0 radical (unpaired) electrons. The molecule has 2 rings (SSSR count). The van der Waals surface area contributed by atoms with Crippen LogP contribution in [0.15, 0.2) is 36.4 Å². The van der Waals surface area contributed by atoms with Gasteiger partial charge in [-0.15, -0.1) is 0 Å². The summed E-state index contributed by atoms with van der Waals surface area (Å²) in [4.78, 5) is 10.4. The van der Waals surface area contributed by atoms with Crippen molar-refractivity contribution >= 4 is 28.9 Å². The molecule has 5 nitrogen and oxygen atoms in total. The molecule has 2 aromatic rings. The van der Waals surface area contributed by atoms with E-state index in [1.54, 1.807) is 18.2 Å². The number of nitrogens with zero attached hydrogens (tertiary/aromatic N) is 2. The van der Waals surface area contributed by atoms with Gasteiger partial charge >= 0.3 is 0 Å². The van der Waals surface area contributed by atoms with Gasteiger partial charge in [0.15, 0.2) is 0 Å².